The van der Waals surface area contributed by atoms with E-state index in [2.05, 4.69) is 31.6 Å². The molecule has 8 heteroatoms. The molecule has 0 radical (unpaired) electrons. The summed E-state index contributed by atoms with van der Waals surface area (Å²) in [5, 5.41) is 0. The molecule has 1 aromatic carbocycles. The fraction of sp³-hybridized carbons (Fsp3) is 0.435. The van der Waals surface area contributed by atoms with Crippen LogP contribution in [0, 0.1) is 11.3 Å². The Morgan fingerprint density at radius 2 is 2.00 bits per heavy atom. The summed E-state index contributed by atoms with van der Waals surface area (Å²) >= 11 is 1.49. The van der Waals surface area contributed by atoms with Gasteiger partial charge < -0.3 is 4.74 Å². The van der Waals surface area contributed by atoms with Crippen molar-refractivity contribution in [2.75, 3.05) is 18.1 Å². The zero-order valence-corrected chi connectivity index (χ0v) is 18.8. The smallest absolute Gasteiger partial charge is 0.279 e. The number of aryl methyl sites for hydroxylation is 1. The molecular weight excluding hydrogens is 414 g/mol. The van der Waals surface area contributed by atoms with Gasteiger partial charge in [-0.15, -0.1) is 11.3 Å². The van der Waals surface area contributed by atoms with Gasteiger partial charge in [0.25, 0.3) is 17.7 Å². The van der Waals surface area contributed by atoms with Gasteiger partial charge in [0.05, 0.1) is 10.6 Å². The molecule has 3 amide bonds. The predicted molar refractivity (Wildman–Crippen MR) is 119 cm³/mol. The topological polar surface area (TPSA) is 87.7 Å². The van der Waals surface area contributed by atoms with Crippen molar-refractivity contribution in [3.63, 3.8) is 0 Å². The Kier molecular flexibility index (Phi) is 5.75. The molecule has 2 heterocycles. The number of hydrogen-bond donors (Lipinski definition) is 2. The molecule has 2 aromatic rings. The zero-order valence-electron chi connectivity index (χ0n) is 18.0. The van der Waals surface area contributed by atoms with E-state index in [9.17, 15) is 14.4 Å². The van der Waals surface area contributed by atoms with Crippen LogP contribution in [0.4, 0.5) is 5.69 Å². The summed E-state index contributed by atoms with van der Waals surface area (Å²) in [6.45, 7) is 6.46. The number of para-hydroxylation sites is 2. The first-order chi connectivity index (χ1) is 14.7. The average Bonchev–Trinajstić information content (AvgIpc) is 3.17. The molecule has 0 saturated carbocycles. The first kappa shape index (κ1) is 21.4. The third-order valence-corrected chi connectivity index (χ3v) is 7.19. The maximum atomic E-state index is 12.6. The number of carbonyl (C=O) groups is 3. The molecule has 1 aliphatic heterocycles. The van der Waals surface area contributed by atoms with Gasteiger partial charge in [0, 0.05) is 4.88 Å². The van der Waals surface area contributed by atoms with Crippen LogP contribution in [0.5, 0.6) is 5.75 Å². The van der Waals surface area contributed by atoms with Gasteiger partial charge in [-0.1, -0.05) is 32.9 Å². The van der Waals surface area contributed by atoms with Gasteiger partial charge in [0.2, 0.25) is 0 Å². The van der Waals surface area contributed by atoms with E-state index in [1.165, 1.54) is 26.7 Å². The number of fused-ring (bicyclic) bond motifs is 2. The lowest BCUT2D eigenvalue weighted by molar-refractivity contribution is -0.125. The molecular formula is C23H27N3O4S. The van der Waals surface area contributed by atoms with Crippen molar-refractivity contribution in [3.05, 3.63) is 45.6 Å². The normalized spacial score (nSPS) is 18.0. The highest BCUT2D eigenvalue weighted by Gasteiger charge is 2.31. The second kappa shape index (κ2) is 8.34. The number of anilines is 1. The Morgan fingerprint density at radius 3 is 2.77 bits per heavy atom. The van der Waals surface area contributed by atoms with E-state index >= 15 is 0 Å². The molecule has 1 aliphatic carbocycles. The standard InChI is InChI=1S/C23H27N3O4S/c1-23(2,3)15-8-9-18-14(10-15)11-19(31-18)22(29)25-24-20(27)12-26-16-6-4-5-7-17(16)30-13-21(26)28/h4-7,11,15H,8-10,12-13H2,1-3H3,(H,24,27)(H,25,29). The Morgan fingerprint density at radius 1 is 1.23 bits per heavy atom. The Balaban J connectivity index is 1.35. The van der Waals surface area contributed by atoms with Crippen LogP contribution in [0.3, 0.4) is 0 Å². The lowest BCUT2D eigenvalue weighted by Crippen LogP contribution is -2.49. The number of hydrazine groups is 1. The number of benzene rings is 1. The number of amides is 3. The molecule has 0 bridgehead atoms. The maximum absolute atomic E-state index is 12.6. The first-order valence-corrected chi connectivity index (χ1v) is 11.3. The SMILES string of the molecule is CC(C)(C)C1CCc2sc(C(=O)NNC(=O)CN3C(=O)COc4ccccc43)cc2C1. The van der Waals surface area contributed by atoms with Gasteiger partial charge in [0.1, 0.15) is 12.3 Å². The van der Waals surface area contributed by atoms with Crippen molar-refractivity contribution >= 4 is 34.7 Å². The van der Waals surface area contributed by atoms with Crippen LogP contribution in [-0.2, 0) is 22.4 Å². The number of nitrogens with one attached hydrogen (secondary N) is 2. The molecule has 31 heavy (non-hydrogen) atoms. The van der Waals surface area contributed by atoms with E-state index in [0.29, 0.717) is 22.2 Å². The monoisotopic (exact) mass is 441 g/mol. The summed E-state index contributed by atoms with van der Waals surface area (Å²) in [6, 6.07) is 8.99. The highest BCUT2D eigenvalue weighted by atomic mass is 32.1. The number of nitrogens with zero attached hydrogens (tertiary/aromatic N) is 1. The fourth-order valence-electron chi connectivity index (χ4n) is 4.07. The van der Waals surface area contributed by atoms with E-state index in [4.69, 9.17) is 4.74 Å². The van der Waals surface area contributed by atoms with Crippen LogP contribution in [0.15, 0.2) is 30.3 Å². The summed E-state index contributed by atoms with van der Waals surface area (Å²) in [6.07, 6.45) is 3.09. The van der Waals surface area contributed by atoms with Crippen molar-refractivity contribution in [2.24, 2.45) is 11.3 Å². The van der Waals surface area contributed by atoms with Crippen molar-refractivity contribution in [3.8, 4) is 5.75 Å². The summed E-state index contributed by atoms with van der Waals surface area (Å²) in [5.74, 6) is 0.0246. The van der Waals surface area contributed by atoms with E-state index in [0.717, 1.165) is 19.3 Å². The maximum Gasteiger partial charge on any atom is 0.279 e. The van der Waals surface area contributed by atoms with Crippen molar-refractivity contribution in [2.45, 2.75) is 40.0 Å². The molecule has 7 nitrogen and oxygen atoms in total. The molecule has 1 unspecified atom stereocenters. The van der Waals surface area contributed by atoms with Crippen molar-refractivity contribution in [1.29, 1.82) is 0 Å². The molecule has 0 saturated heterocycles. The first-order valence-electron chi connectivity index (χ1n) is 10.5. The molecule has 1 aromatic heterocycles. The van der Waals surface area contributed by atoms with Crippen molar-refractivity contribution < 1.29 is 19.1 Å². The zero-order chi connectivity index (χ0) is 22.2. The van der Waals surface area contributed by atoms with Gasteiger partial charge in [-0.3, -0.25) is 30.1 Å². The molecule has 0 fully saturated rings. The lowest BCUT2D eigenvalue weighted by Gasteiger charge is -2.33. The van der Waals surface area contributed by atoms with E-state index in [-0.39, 0.29) is 30.4 Å². The molecule has 164 valence electrons. The van der Waals surface area contributed by atoms with Gasteiger partial charge >= 0.3 is 0 Å². The molecule has 1 atom stereocenters. The van der Waals surface area contributed by atoms with Crippen LogP contribution in [-0.4, -0.2) is 30.9 Å². The Labute approximate surface area is 185 Å². The van der Waals surface area contributed by atoms with Gasteiger partial charge in [0.15, 0.2) is 6.61 Å². The third kappa shape index (κ3) is 4.58. The number of ether oxygens (including phenoxy) is 1. The Bertz CT molecular complexity index is 1020. The Hall–Kier alpha value is -2.87. The van der Waals surface area contributed by atoms with Gasteiger partial charge in [-0.2, -0.15) is 0 Å². The minimum atomic E-state index is -0.479. The number of hydrogen-bond acceptors (Lipinski definition) is 5. The number of thiophene rings is 1. The lowest BCUT2D eigenvalue weighted by atomic mass is 9.72. The quantitative estimate of drug-likeness (QED) is 0.717. The van der Waals surface area contributed by atoms with E-state index in [1.54, 1.807) is 24.3 Å². The predicted octanol–water partition coefficient (Wildman–Crippen LogP) is 3.09. The van der Waals surface area contributed by atoms with Crippen LogP contribution >= 0.6 is 11.3 Å². The molecule has 0 spiro atoms. The van der Waals surface area contributed by atoms with Crippen LogP contribution in [0.1, 0.15) is 47.3 Å². The van der Waals surface area contributed by atoms with Gasteiger partial charge in [-0.05, 0) is 54.4 Å². The van der Waals surface area contributed by atoms with Crippen LogP contribution in [0.2, 0.25) is 0 Å². The summed E-state index contributed by atoms with van der Waals surface area (Å²) in [5.41, 5.74) is 6.93. The highest BCUT2D eigenvalue weighted by molar-refractivity contribution is 7.14. The average molecular weight is 442 g/mol. The summed E-state index contributed by atoms with van der Waals surface area (Å²) in [4.78, 5) is 40.4. The fourth-order valence-corrected chi connectivity index (χ4v) is 5.18. The molecule has 4 rings (SSSR count). The largest absolute Gasteiger partial charge is 0.482 e. The molecule has 2 N–H and O–H groups in total. The minimum Gasteiger partial charge on any atom is -0.482 e. The summed E-state index contributed by atoms with van der Waals surface area (Å²) < 4.78 is 5.38. The highest BCUT2D eigenvalue weighted by Crippen LogP contribution is 2.40. The van der Waals surface area contributed by atoms with Crippen LogP contribution in [0.25, 0.3) is 0 Å². The second-order valence-electron chi connectivity index (χ2n) is 9.10. The van der Waals surface area contributed by atoms with E-state index < -0.39 is 5.91 Å². The molecule has 2 aliphatic rings. The number of rotatable bonds is 3. The van der Waals surface area contributed by atoms with E-state index in [1.807, 2.05) is 6.07 Å². The van der Waals surface area contributed by atoms with Crippen LogP contribution < -0.4 is 20.5 Å². The summed E-state index contributed by atoms with van der Waals surface area (Å²) in [7, 11) is 0. The number of carbonyl (C=O) groups excluding carboxylic acids is 3. The second-order valence-corrected chi connectivity index (χ2v) is 10.2. The van der Waals surface area contributed by atoms with Gasteiger partial charge in [-0.25, -0.2) is 0 Å². The minimum absolute atomic E-state index is 0.118. The third-order valence-electron chi connectivity index (χ3n) is 5.96. The van der Waals surface area contributed by atoms with Crippen molar-refractivity contribution in [1.82, 2.24) is 10.9 Å².